The van der Waals surface area contributed by atoms with Crippen LogP contribution in [0, 0.1) is 0 Å². The van der Waals surface area contributed by atoms with Crippen molar-refractivity contribution in [1.29, 1.82) is 0 Å². The van der Waals surface area contributed by atoms with E-state index in [2.05, 4.69) is 138 Å². The van der Waals surface area contributed by atoms with E-state index in [1.54, 1.807) is 0 Å². The largest absolute Gasteiger partial charge is 0.456 e. The number of hydrogen-bond acceptors (Lipinski definition) is 3. The molecule has 48 heavy (non-hydrogen) atoms. The first kappa shape index (κ1) is 27.2. The third-order valence-electron chi connectivity index (χ3n) is 9.52. The fourth-order valence-electron chi connectivity index (χ4n) is 7.44. The number of furan rings is 1. The molecule has 0 amide bonds. The lowest BCUT2D eigenvalue weighted by atomic mass is 9.96. The molecule has 7 aromatic carbocycles. The fraction of sp³-hybridized carbons (Fsp3) is 0.0227. The maximum Gasteiger partial charge on any atom is 0.136 e. The van der Waals surface area contributed by atoms with Gasteiger partial charge in [-0.1, -0.05) is 109 Å². The van der Waals surface area contributed by atoms with Gasteiger partial charge in [0, 0.05) is 47.9 Å². The molecule has 226 valence electrons. The smallest absolute Gasteiger partial charge is 0.136 e. The predicted molar refractivity (Wildman–Crippen MR) is 204 cm³/mol. The van der Waals surface area contributed by atoms with Crippen LogP contribution in [-0.2, 0) is 6.54 Å². The molecule has 0 aliphatic heterocycles. The molecule has 0 spiro atoms. The number of rotatable bonds is 5. The van der Waals surface area contributed by atoms with Crippen molar-refractivity contribution in [2.45, 2.75) is 6.54 Å². The van der Waals surface area contributed by atoms with Gasteiger partial charge in [0.1, 0.15) is 11.2 Å². The Hall–Kier alpha value is -5.97. The molecule has 0 aliphatic carbocycles. The molecule has 0 radical (unpaired) electrons. The van der Waals surface area contributed by atoms with E-state index in [0.29, 0.717) is 6.54 Å². The molecule has 0 bridgehead atoms. The molecule has 3 heterocycles. The molecule has 10 aromatic rings. The van der Waals surface area contributed by atoms with Gasteiger partial charge in [-0.15, -0.1) is 11.3 Å². The van der Waals surface area contributed by atoms with Crippen molar-refractivity contribution < 1.29 is 4.42 Å². The zero-order valence-corrected chi connectivity index (χ0v) is 26.7. The highest BCUT2D eigenvalue weighted by Crippen LogP contribution is 2.44. The van der Waals surface area contributed by atoms with Crippen molar-refractivity contribution in [2.75, 3.05) is 0 Å². The monoisotopic (exact) mass is 632 g/mol. The van der Waals surface area contributed by atoms with Gasteiger partial charge >= 0.3 is 0 Å². The van der Waals surface area contributed by atoms with E-state index in [1.807, 2.05) is 35.8 Å². The van der Waals surface area contributed by atoms with E-state index in [-0.39, 0.29) is 0 Å². The molecule has 0 aliphatic rings. The van der Waals surface area contributed by atoms with Crippen LogP contribution in [0.4, 0.5) is 0 Å². The molecule has 0 atom stereocenters. The van der Waals surface area contributed by atoms with Crippen LogP contribution in [0.3, 0.4) is 0 Å². The van der Waals surface area contributed by atoms with Crippen molar-refractivity contribution in [3.05, 3.63) is 163 Å². The maximum atomic E-state index is 6.43. The molecule has 10 rings (SSSR count). The average molecular weight is 633 g/mol. The Bertz CT molecular complexity index is 2820. The summed E-state index contributed by atoms with van der Waals surface area (Å²) in [6, 6.07) is 54.1. The summed E-state index contributed by atoms with van der Waals surface area (Å²) < 4.78 is 11.4. The fourth-order valence-corrected chi connectivity index (χ4v) is 8.61. The number of nitrogens with zero attached hydrogens (tertiary/aromatic N) is 2. The molecule has 3 nitrogen and oxygen atoms in total. The second-order valence-corrected chi connectivity index (χ2v) is 13.4. The molecule has 0 N–H and O–H groups in total. The number of thiophene rings is 1. The molecule has 0 unspecified atom stereocenters. The zero-order chi connectivity index (χ0) is 31.6. The van der Waals surface area contributed by atoms with Crippen molar-refractivity contribution >= 4 is 81.5 Å². The molecular weight excluding hydrogens is 605 g/mol. The number of hydrogen-bond donors (Lipinski definition) is 0. The zero-order valence-electron chi connectivity index (χ0n) is 25.9. The SMILES string of the molecule is C(=N\Cc1cccc2oc3cccc(-c4ccc5c(c4)sc4cccc(-n6c7ccccc7c7ccccc76)c45)c3c12)/c1ccccc1. The summed E-state index contributed by atoms with van der Waals surface area (Å²) in [4.78, 5) is 4.82. The number of fused-ring (bicyclic) bond motifs is 9. The van der Waals surface area contributed by atoms with Crippen LogP contribution in [0.1, 0.15) is 11.1 Å². The highest BCUT2D eigenvalue weighted by molar-refractivity contribution is 7.26. The minimum Gasteiger partial charge on any atom is -0.456 e. The second-order valence-electron chi connectivity index (χ2n) is 12.3. The first-order valence-electron chi connectivity index (χ1n) is 16.2. The van der Waals surface area contributed by atoms with Gasteiger partial charge in [0.2, 0.25) is 0 Å². The average Bonchev–Trinajstić information content (AvgIpc) is 3.81. The summed E-state index contributed by atoms with van der Waals surface area (Å²) in [7, 11) is 0. The van der Waals surface area contributed by atoms with Crippen LogP contribution in [-0.4, -0.2) is 10.8 Å². The lowest BCUT2D eigenvalue weighted by Gasteiger charge is -2.10. The van der Waals surface area contributed by atoms with Crippen LogP contribution in [0.2, 0.25) is 0 Å². The van der Waals surface area contributed by atoms with Crippen LogP contribution < -0.4 is 0 Å². The summed E-state index contributed by atoms with van der Waals surface area (Å²) in [6.45, 7) is 0.579. The van der Waals surface area contributed by atoms with Crippen molar-refractivity contribution in [3.63, 3.8) is 0 Å². The molecule has 3 aromatic heterocycles. The van der Waals surface area contributed by atoms with Crippen LogP contribution in [0.25, 0.3) is 80.7 Å². The summed E-state index contributed by atoms with van der Waals surface area (Å²) in [6.07, 6.45) is 1.95. The Balaban J connectivity index is 1.14. The Morgan fingerprint density at radius 2 is 1.27 bits per heavy atom. The highest BCUT2D eigenvalue weighted by atomic mass is 32.1. The summed E-state index contributed by atoms with van der Waals surface area (Å²) >= 11 is 1.86. The quantitative estimate of drug-likeness (QED) is 0.174. The Labute approximate surface area is 280 Å². The normalized spacial score (nSPS) is 12.2. The van der Waals surface area contributed by atoms with Gasteiger partial charge in [0.05, 0.1) is 23.3 Å². The Morgan fingerprint density at radius 1 is 0.562 bits per heavy atom. The topological polar surface area (TPSA) is 30.4 Å². The molecule has 0 saturated heterocycles. The first-order valence-corrected chi connectivity index (χ1v) is 17.1. The summed E-state index contributed by atoms with van der Waals surface area (Å²) in [5.41, 5.74) is 10.1. The summed E-state index contributed by atoms with van der Waals surface area (Å²) in [5, 5.41) is 7.40. The minimum absolute atomic E-state index is 0.579. The highest BCUT2D eigenvalue weighted by Gasteiger charge is 2.19. The van der Waals surface area contributed by atoms with E-state index in [0.717, 1.165) is 33.1 Å². The number of benzene rings is 7. The van der Waals surface area contributed by atoms with E-state index in [4.69, 9.17) is 9.41 Å². The van der Waals surface area contributed by atoms with Gasteiger partial charge in [0.15, 0.2) is 0 Å². The minimum atomic E-state index is 0.579. The summed E-state index contributed by atoms with van der Waals surface area (Å²) in [5.74, 6) is 0. The van der Waals surface area contributed by atoms with Crippen molar-refractivity contribution in [1.82, 2.24) is 4.57 Å². The van der Waals surface area contributed by atoms with Crippen molar-refractivity contribution in [3.8, 4) is 16.8 Å². The van der Waals surface area contributed by atoms with Crippen molar-refractivity contribution in [2.24, 2.45) is 4.99 Å². The van der Waals surface area contributed by atoms with Gasteiger partial charge in [-0.25, -0.2) is 0 Å². The van der Waals surface area contributed by atoms with Gasteiger partial charge in [-0.3, -0.25) is 4.99 Å². The van der Waals surface area contributed by atoms with E-state index >= 15 is 0 Å². The third kappa shape index (κ3) is 4.16. The molecule has 0 fully saturated rings. The number of aliphatic imine (C=N–C) groups is 1. The van der Waals surface area contributed by atoms with E-state index < -0.39 is 0 Å². The number of para-hydroxylation sites is 2. The van der Waals surface area contributed by atoms with Crippen LogP contribution >= 0.6 is 11.3 Å². The molecular formula is C44H28N2OS. The van der Waals surface area contributed by atoms with E-state index in [9.17, 15) is 0 Å². The first-order chi connectivity index (χ1) is 23.8. The van der Waals surface area contributed by atoms with Gasteiger partial charge in [-0.05, 0) is 64.7 Å². The lowest BCUT2D eigenvalue weighted by Crippen LogP contribution is -1.94. The molecule has 4 heteroatoms. The lowest BCUT2D eigenvalue weighted by molar-refractivity contribution is 0.668. The van der Waals surface area contributed by atoms with Gasteiger partial charge in [-0.2, -0.15) is 0 Å². The number of aromatic nitrogens is 1. The molecule has 0 saturated carbocycles. The van der Waals surface area contributed by atoms with Crippen LogP contribution in [0.15, 0.2) is 161 Å². The van der Waals surface area contributed by atoms with Gasteiger partial charge in [0.25, 0.3) is 0 Å². The Kier molecular flexibility index (Phi) is 6.11. The van der Waals surface area contributed by atoms with E-state index in [1.165, 1.54) is 58.8 Å². The Morgan fingerprint density at radius 3 is 2.08 bits per heavy atom. The third-order valence-corrected chi connectivity index (χ3v) is 10.6. The van der Waals surface area contributed by atoms with Crippen LogP contribution in [0.5, 0.6) is 0 Å². The van der Waals surface area contributed by atoms with Gasteiger partial charge < -0.3 is 8.98 Å². The maximum absolute atomic E-state index is 6.43. The standard InChI is InChI=1S/C44H28N2OS/c1-2-11-28(12-3-1)26-45-27-30-13-8-20-38-42(30)44-31(16-9-21-39(44)47-38)29-23-24-34-41(25-29)48-40-22-10-19-37(43(34)40)46-35-17-6-4-14-32(35)33-15-5-7-18-36(33)46/h1-26H,27H2/b45-26+. The second kappa shape index (κ2) is 10.8. The predicted octanol–water partition coefficient (Wildman–Crippen LogP) is 12.3.